The third-order valence-corrected chi connectivity index (χ3v) is 3.36. The number of hydrogen-bond donors (Lipinski definition) is 3. The molecule has 2 aromatic rings. The van der Waals surface area contributed by atoms with Crippen LogP contribution in [-0.4, -0.2) is 28.2 Å². The van der Waals surface area contributed by atoms with E-state index in [1.54, 1.807) is 0 Å². The Balaban J connectivity index is 2.18. The standard InChI is InChI=1S/C16H19F3N4O/c1-11-5-2-3-6-12(11)10-21-14-9-13(16(17,18)19)22-15(23-14)20-7-4-8-24/h2-3,5-6,9,24H,4,7-8,10H2,1H3,(H2,20,21,22,23). The van der Waals surface area contributed by atoms with E-state index in [1.165, 1.54) is 0 Å². The lowest BCUT2D eigenvalue weighted by Crippen LogP contribution is -2.15. The van der Waals surface area contributed by atoms with E-state index in [9.17, 15) is 13.2 Å². The monoisotopic (exact) mass is 340 g/mol. The molecule has 8 heteroatoms. The van der Waals surface area contributed by atoms with E-state index < -0.39 is 11.9 Å². The molecule has 0 saturated heterocycles. The first-order valence-corrected chi connectivity index (χ1v) is 7.49. The Morgan fingerprint density at radius 3 is 2.54 bits per heavy atom. The lowest BCUT2D eigenvalue weighted by atomic mass is 10.1. The van der Waals surface area contributed by atoms with Crippen molar-refractivity contribution < 1.29 is 18.3 Å². The molecule has 0 aliphatic carbocycles. The molecule has 0 radical (unpaired) electrons. The fourth-order valence-corrected chi connectivity index (χ4v) is 2.04. The van der Waals surface area contributed by atoms with E-state index in [0.29, 0.717) is 13.0 Å². The smallest absolute Gasteiger partial charge is 0.396 e. The Labute approximate surface area is 138 Å². The van der Waals surface area contributed by atoms with Crippen molar-refractivity contribution in [3.63, 3.8) is 0 Å². The van der Waals surface area contributed by atoms with E-state index in [-0.39, 0.29) is 24.9 Å². The molecule has 0 fully saturated rings. The molecule has 0 atom stereocenters. The number of aromatic nitrogens is 2. The second-order valence-corrected chi connectivity index (χ2v) is 5.24. The summed E-state index contributed by atoms with van der Waals surface area (Å²) in [5.41, 5.74) is 0.993. The van der Waals surface area contributed by atoms with Crippen molar-refractivity contribution in [2.45, 2.75) is 26.1 Å². The quantitative estimate of drug-likeness (QED) is 0.675. The molecule has 0 bridgehead atoms. The predicted octanol–water partition coefficient (Wildman–Crippen LogP) is 3.21. The molecule has 24 heavy (non-hydrogen) atoms. The minimum Gasteiger partial charge on any atom is -0.396 e. The number of nitrogens with zero attached hydrogens (tertiary/aromatic N) is 2. The van der Waals surface area contributed by atoms with Gasteiger partial charge in [0, 0.05) is 25.8 Å². The van der Waals surface area contributed by atoms with Gasteiger partial charge in [-0.05, 0) is 24.5 Å². The van der Waals surface area contributed by atoms with Gasteiger partial charge in [0.05, 0.1) is 0 Å². The number of halogens is 3. The molecular weight excluding hydrogens is 321 g/mol. The summed E-state index contributed by atoms with van der Waals surface area (Å²) >= 11 is 0. The predicted molar refractivity (Wildman–Crippen MR) is 85.7 cm³/mol. The van der Waals surface area contributed by atoms with E-state index >= 15 is 0 Å². The van der Waals surface area contributed by atoms with Crippen LogP contribution in [0.3, 0.4) is 0 Å². The zero-order valence-corrected chi connectivity index (χ0v) is 13.2. The first-order valence-electron chi connectivity index (χ1n) is 7.49. The summed E-state index contributed by atoms with van der Waals surface area (Å²) in [7, 11) is 0. The Bertz CT molecular complexity index is 677. The molecule has 0 spiro atoms. The molecule has 5 nitrogen and oxygen atoms in total. The fraction of sp³-hybridized carbons (Fsp3) is 0.375. The number of rotatable bonds is 7. The van der Waals surface area contributed by atoms with Crippen LogP contribution in [0.4, 0.5) is 24.9 Å². The molecule has 2 rings (SSSR count). The molecule has 0 unspecified atom stereocenters. The topological polar surface area (TPSA) is 70.1 Å². The summed E-state index contributed by atoms with van der Waals surface area (Å²) in [6.07, 6.45) is -4.17. The van der Waals surface area contributed by atoms with E-state index in [4.69, 9.17) is 5.11 Å². The van der Waals surface area contributed by atoms with Gasteiger partial charge in [-0.2, -0.15) is 18.2 Å². The summed E-state index contributed by atoms with van der Waals surface area (Å²) in [5.74, 6) is -0.0300. The van der Waals surface area contributed by atoms with Crippen LogP contribution in [0.15, 0.2) is 30.3 Å². The molecule has 0 aliphatic rings. The van der Waals surface area contributed by atoms with Crippen LogP contribution in [0.1, 0.15) is 23.2 Å². The van der Waals surface area contributed by atoms with Gasteiger partial charge in [0.1, 0.15) is 5.82 Å². The number of anilines is 2. The molecule has 1 aromatic carbocycles. The van der Waals surface area contributed by atoms with Crippen molar-refractivity contribution in [1.82, 2.24) is 9.97 Å². The zero-order valence-electron chi connectivity index (χ0n) is 13.2. The number of alkyl halides is 3. The minimum atomic E-state index is -4.56. The van der Waals surface area contributed by atoms with Crippen LogP contribution in [-0.2, 0) is 12.7 Å². The highest BCUT2D eigenvalue weighted by Crippen LogP contribution is 2.29. The van der Waals surface area contributed by atoms with Gasteiger partial charge < -0.3 is 15.7 Å². The number of benzene rings is 1. The molecule has 3 N–H and O–H groups in total. The maximum atomic E-state index is 13.0. The van der Waals surface area contributed by atoms with Crippen LogP contribution < -0.4 is 10.6 Å². The molecule has 0 aliphatic heterocycles. The van der Waals surface area contributed by atoms with Crippen molar-refractivity contribution in [2.24, 2.45) is 0 Å². The van der Waals surface area contributed by atoms with Gasteiger partial charge in [-0.15, -0.1) is 0 Å². The lowest BCUT2D eigenvalue weighted by molar-refractivity contribution is -0.141. The molecule has 1 heterocycles. The van der Waals surface area contributed by atoms with Crippen LogP contribution >= 0.6 is 0 Å². The van der Waals surface area contributed by atoms with Crippen molar-refractivity contribution in [3.8, 4) is 0 Å². The second-order valence-electron chi connectivity index (χ2n) is 5.24. The van der Waals surface area contributed by atoms with Crippen LogP contribution in [0.2, 0.25) is 0 Å². The summed E-state index contributed by atoms with van der Waals surface area (Å²) in [5, 5.41) is 14.3. The average molecular weight is 340 g/mol. The number of aryl methyl sites for hydroxylation is 1. The van der Waals surface area contributed by atoms with E-state index in [0.717, 1.165) is 17.2 Å². The number of hydrogen-bond acceptors (Lipinski definition) is 5. The largest absolute Gasteiger partial charge is 0.433 e. The van der Waals surface area contributed by atoms with Crippen LogP contribution in [0.5, 0.6) is 0 Å². The van der Waals surface area contributed by atoms with E-state index in [2.05, 4.69) is 20.6 Å². The van der Waals surface area contributed by atoms with Crippen molar-refractivity contribution in [2.75, 3.05) is 23.8 Å². The first kappa shape index (κ1) is 18.0. The summed E-state index contributed by atoms with van der Waals surface area (Å²) in [6.45, 7) is 2.51. The average Bonchev–Trinajstić information content (AvgIpc) is 2.53. The molecular formula is C16H19F3N4O. The second kappa shape index (κ2) is 7.96. The summed E-state index contributed by atoms with van der Waals surface area (Å²) < 4.78 is 38.9. The molecule has 0 amide bonds. The highest BCUT2D eigenvalue weighted by atomic mass is 19.4. The number of nitrogens with one attached hydrogen (secondary N) is 2. The third kappa shape index (κ3) is 5.09. The normalized spacial score (nSPS) is 11.4. The van der Waals surface area contributed by atoms with Gasteiger partial charge in [-0.25, -0.2) is 4.98 Å². The maximum Gasteiger partial charge on any atom is 0.433 e. The van der Waals surface area contributed by atoms with Gasteiger partial charge in [0.25, 0.3) is 0 Å². The summed E-state index contributed by atoms with van der Waals surface area (Å²) in [4.78, 5) is 7.53. The van der Waals surface area contributed by atoms with Crippen LogP contribution in [0.25, 0.3) is 0 Å². The first-order chi connectivity index (χ1) is 11.4. The number of aliphatic hydroxyl groups excluding tert-OH is 1. The zero-order chi connectivity index (χ0) is 17.6. The van der Waals surface area contributed by atoms with E-state index in [1.807, 2.05) is 31.2 Å². The van der Waals surface area contributed by atoms with Crippen LogP contribution in [0, 0.1) is 6.92 Å². The summed E-state index contributed by atoms with van der Waals surface area (Å²) in [6, 6.07) is 8.48. The SMILES string of the molecule is Cc1ccccc1CNc1cc(C(F)(F)F)nc(NCCCO)n1. The Kier molecular flexibility index (Phi) is 5.97. The lowest BCUT2D eigenvalue weighted by Gasteiger charge is -2.13. The van der Waals surface area contributed by atoms with Crippen molar-refractivity contribution in [1.29, 1.82) is 0 Å². The number of aliphatic hydroxyl groups is 1. The van der Waals surface area contributed by atoms with Crippen molar-refractivity contribution >= 4 is 11.8 Å². The minimum absolute atomic E-state index is 0.0651. The van der Waals surface area contributed by atoms with Gasteiger partial charge in [0.15, 0.2) is 5.69 Å². The third-order valence-electron chi connectivity index (χ3n) is 3.36. The van der Waals surface area contributed by atoms with Gasteiger partial charge >= 0.3 is 6.18 Å². The Morgan fingerprint density at radius 1 is 1.12 bits per heavy atom. The fourth-order valence-electron chi connectivity index (χ4n) is 2.04. The molecule has 1 aromatic heterocycles. The van der Waals surface area contributed by atoms with Gasteiger partial charge in [0.2, 0.25) is 5.95 Å². The highest BCUT2D eigenvalue weighted by molar-refractivity contribution is 5.44. The molecule has 130 valence electrons. The maximum absolute atomic E-state index is 13.0. The highest BCUT2D eigenvalue weighted by Gasteiger charge is 2.33. The van der Waals surface area contributed by atoms with Gasteiger partial charge in [-0.3, -0.25) is 0 Å². The Morgan fingerprint density at radius 2 is 1.88 bits per heavy atom. The molecule has 0 saturated carbocycles. The Hall–Kier alpha value is -2.35. The van der Waals surface area contributed by atoms with Crippen molar-refractivity contribution in [3.05, 3.63) is 47.2 Å². The van der Waals surface area contributed by atoms with Gasteiger partial charge in [-0.1, -0.05) is 24.3 Å².